The van der Waals surface area contributed by atoms with Crippen LogP contribution in [0.15, 0.2) is 30.3 Å². The molecule has 1 aromatic carbocycles. The highest BCUT2D eigenvalue weighted by Crippen LogP contribution is 2.02. The Kier molecular flexibility index (Phi) is 7.53. The van der Waals surface area contributed by atoms with Crippen molar-refractivity contribution in [2.45, 2.75) is 19.4 Å². The van der Waals surface area contributed by atoms with Crippen molar-refractivity contribution in [1.29, 1.82) is 0 Å². The third-order valence-electron chi connectivity index (χ3n) is 2.67. The van der Waals surface area contributed by atoms with Crippen LogP contribution in [-0.4, -0.2) is 36.7 Å². The second-order valence-electron chi connectivity index (χ2n) is 4.40. The van der Waals surface area contributed by atoms with Gasteiger partial charge in [0.05, 0.1) is 0 Å². The van der Waals surface area contributed by atoms with Crippen molar-refractivity contribution >= 4 is 18.5 Å². The lowest BCUT2D eigenvalue weighted by Crippen LogP contribution is -2.28. The fourth-order valence-corrected chi connectivity index (χ4v) is 1.94. The van der Waals surface area contributed by atoms with E-state index in [0.29, 0.717) is 12.2 Å². The molecule has 0 aromatic heterocycles. The summed E-state index contributed by atoms with van der Waals surface area (Å²) >= 11 is 4.02. The average Bonchev–Trinajstić information content (AvgIpc) is 2.36. The van der Waals surface area contributed by atoms with Gasteiger partial charge in [0.15, 0.2) is 0 Å². The number of thiol groups is 1. The van der Waals surface area contributed by atoms with Crippen molar-refractivity contribution in [2.75, 3.05) is 25.9 Å². The minimum Gasteiger partial charge on any atom is -0.356 e. The molecule has 4 heteroatoms. The molecule has 0 spiro atoms. The predicted molar refractivity (Wildman–Crippen MR) is 78.9 cm³/mol. The van der Waals surface area contributed by atoms with Crippen LogP contribution >= 0.6 is 12.6 Å². The highest BCUT2D eigenvalue weighted by molar-refractivity contribution is 7.80. The standard InChI is InChI=1S/C14H22N2OS/c1-16(12-13-6-3-2-4-7-13)10-5-9-15-14(17)8-11-18/h2-4,6-7,18H,5,8-12H2,1H3,(H,15,17). The summed E-state index contributed by atoms with van der Waals surface area (Å²) in [6.07, 6.45) is 1.48. The average molecular weight is 266 g/mol. The zero-order valence-electron chi connectivity index (χ0n) is 10.9. The van der Waals surface area contributed by atoms with E-state index in [1.54, 1.807) is 0 Å². The number of nitrogens with one attached hydrogen (secondary N) is 1. The Hall–Kier alpha value is -1.00. The van der Waals surface area contributed by atoms with E-state index in [-0.39, 0.29) is 5.91 Å². The second kappa shape index (κ2) is 9.00. The quantitative estimate of drug-likeness (QED) is 0.557. The first-order valence-electron chi connectivity index (χ1n) is 6.32. The molecule has 1 amide bonds. The van der Waals surface area contributed by atoms with E-state index >= 15 is 0 Å². The molecule has 1 aromatic rings. The van der Waals surface area contributed by atoms with Gasteiger partial charge in [-0.2, -0.15) is 12.6 Å². The molecular formula is C14H22N2OS. The van der Waals surface area contributed by atoms with Crippen molar-refractivity contribution in [3.05, 3.63) is 35.9 Å². The normalized spacial score (nSPS) is 10.6. The molecule has 1 N–H and O–H groups in total. The number of amides is 1. The summed E-state index contributed by atoms with van der Waals surface area (Å²) in [5, 5.41) is 2.89. The van der Waals surface area contributed by atoms with E-state index in [1.807, 2.05) is 6.07 Å². The summed E-state index contributed by atoms with van der Waals surface area (Å²) in [5.41, 5.74) is 1.32. The Morgan fingerprint density at radius 3 is 2.72 bits per heavy atom. The van der Waals surface area contributed by atoms with Gasteiger partial charge < -0.3 is 10.2 Å². The summed E-state index contributed by atoms with van der Waals surface area (Å²) in [6, 6.07) is 10.4. The largest absolute Gasteiger partial charge is 0.356 e. The summed E-state index contributed by atoms with van der Waals surface area (Å²) in [7, 11) is 2.10. The number of rotatable bonds is 8. The molecule has 0 unspecified atom stereocenters. The number of hydrogen-bond acceptors (Lipinski definition) is 3. The summed E-state index contributed by atoms with van der Waals surface area (Å²) in [5.74, 6) is 0.704. The smallest absolute Gasteiger partial charge is 0.220 e. The van der Waals surface area contributed by atoms with Crippen molar-refractivity contribution in [1.82, 2.24) is 10.2 Å². The first-order valence-corrected chi connectivity index (χ1v) is 6.95. The Bertz CT molecular complexity index is 343. The van der Waals surface area contributed by atoms with E-state index in [1.165, 1.54) is 5.56 Å². The first kappa shape index (κ1) is 15.1. The van der Waals surface area contributed by atoms with Gasteiger partial charge in [0.1, 0.15) is 0 Å². The van der Waals surface area contributed by atoms with Crippen LogP contribution in [-0.2, 0) is 11.3 Å². The number of hydrogen-bond donors (Lipinski definition) is 2. The fraction of sp³-hybridized carbons (Fsp3) is 0.500. The van der Waals surface area contributed by atoms with Crippen LogP contribution in [0.5, 0.6) is 0 Å². The Morgan fingerprint density at radius 1 is 1.33 bits per heavy atom. The van der Waals surface area contributed by atoms with Gasteiger partial charge in [-0.15, -0.1) is 0 Å². The SMILES string of the molecule is CN(CCCNC(=O)CCS)Cc1ccccc1. The van der Waals surface area contributed by atoms with Gasteiger partial charge in [-0.25, -0.2) is 0 Å². The van der Waals surface area contributed by atoms with Crippen LogP contribution in [0.3, 0.4) is 0 Å². The minimum atomic E-state index is 0.0933. The molecule has 0 atom stereocenters. The van der Waals surface area contributed by atoms with Gasteiger partial charge in [-0.1, -0.05) is 30.3 Å². The molecule has 100 valence electrons. The van der Waals surface area contributed by atoms with Crippen LogP contribution in [0, 0.1) is 0 Å². The lowest BCUT2D eigenvalue weighted by Gasteiger charge is -2.16. The van der Waals surface area contributed by atoms with Crippen LogP contribution in [0.25, 0.3) is 0 Å². The van der Waals surface area contributed by atoms with E-state index in [9.17, 15) is 4.79 Å². The van der Waals surface area contributed by atoms with E-state index in [2.05, 4.69) is 54.2 Å². The molecule has 0 heterocycles. The molecule has 1 rings (SSSR count). The summed E-state index contributed by atoms with van der Waals surface area (Å²) < 4.78 is 0. The van der Waals surface area contributed by atoms with Gasteiger partial charge >= 0.3 is 0 Å². The maximum Gasteiger partial charge on any atom is 0.220 e. The Morgan fingerprint density at radius 2 is 2.06 bits per heavy atom. The van der Waals surface area contributed by atoms with Gasteiger partial charge in [0, 0.05) is 19.5 Å². The van der Waals surface area contributed by atoms with Crippen LogP contribution in [0.2, 0.25) is 0 Å². The molecule has 0 saturated carbocycles. The Balaban J connectivity index is 2.10. The highest BCUT2D eigenvalue weighted by Gasteiger charge is 2.01. The lowest BCUT2D eigenvalue weighted by atomic mass is 10.2. The van der Waals surface area contributed by atoms with E-state index < -0.39 is 0 Å². The molecule has 18 heavy (non-hydrogen) atoms. The summed E-state index contributed by atoms with van der Waals surface area (Å²) in [6.45, 7) is 2.67. The van der Waals surface area contributed by atoms with Crippen molar-refractivity contribution in [3.63, 3.8) is 0 Å². The fourth-order valence-electron chi connectivity index (χ4n) is 1.74. The minimum absolute atomic E-state index is 0.0933. The van der Waals surface area contributed by atoms with Gasteiger partial charge in [-0.05, 0) is 31.3 Å². The summed E-state index contributed by atoms with van der Waals surface area (Å²) in [4.78, 5) is 13.5. The van der Waals surface area contributed by atoms with Gasteiger partial charge in [0.2, 0.25) is 5.91 Å². The van der Waals surface area contributed by atoms with Crippen LogP contribution < -0.4 is 5.32 Å². The van der Waals surface area contributed by atoms with Crippen LogP contribution in [0.1, 0.15) is 18.4 Å². The Labute approximate surface area is 115 Å². The maximum atomic E-state index is 11.2. The molecule has 0 aliphatic rings. The molecule has 3 nitrogen and oxygen atoms in total. The first-order chi connectivity index (χ1) is 8.72. The van der Waals surface area contributed by atoms with Crippen LogP contribution in [0.4, 0.5) is 0 Å². The number of carbonyl (C=O) groups excluding carboxylic acids is 1. The predicted octanol–water partition coefficient (Wildman–Crippen LogP) is 1.94. The zero-order valence-corrected chi connectivity index (χ0v) is 11.8. The molecular weight excluding hydrogens is 244 g/mol. The molecule has 0 aliphatic heterocycles. The second-order valence-corrected chi connectivity index (χ2v) is 4.85. The molecule has 0 bridgehead atoms. The molecule has 0 aliphatic carbocycles. The third-order valence-corrected chi connectivity index (χ3v) is 2.90. The topological polar surface area (TPSA) is 32.3 Å². The maximum absolute atomic E-state index is 11.2. The van der Waals surface area contributed by atoms with Gasteiger partial charge in [0.25, 0.3) is 0 Å². The number of carbonyl (C=O) groups is 1. The molecule has 0 radical (unpaired) electrons. The van der Waals surface area contributed by atoms with Crippen molar-refractivity contribution in [3.8, 4) is 0 Å². The third kappa shape index (κ3) is 6.67. The highest BCUT2D eigenvalue weighted by atomic mass is 32.1. The zero-order chi connectivity index (χ0) is 13.2. The monoisotopic (exact) mass is 266 g/mol. The van der Waals surface area contributed by atoms with Crippen molar-refractivity contribution < 1.29 is 4.79 Å². The molecule has 0 saturated heterocycles. The van der Waals surface area contributed by atoms with Crippen molar-refractivity contribution in [2.24, 2.45) is 0 Å². The van der Waals surface area contributed by atoms with Gasteiger partial charge in [-0.3, -0.25) is 4.79 Å². The number of nitrogens with zero attached hydrogens (tertiary/aromatic N) is 1. The number of benzene rings is 1. The molecule has 0 fully saturated rings. The van der Waals surface area contributed by atoms with E-state index in [4.69, 9.17) is 0 Å². The lowest BCUT2D eigenvalue weighted by molar-refractivity contribution is -0.120. The van der Waals surface area contributed by atoms with E-state index in [0.717, 1.165) is 26.1 Å².